The number of hydrogen-bond donors (Lipinski definition) is 2. The Kier molecular flexibility index (Phi) is 7.43. The average molecular weight is 399 g/mol. The molecule has 1 aliphatic heterocycles. The summed E-state index contributed by atoms with van der Waals surface area (Å²) in [6.45, 7) is 7.28. The Morgan fingerprint density at radius 1 is 1.07 bits per heavy atom. The van der Waals surface area contributed by atoms with Crippen LogP contribution in [0.25, 0.3) is 0 Å². The van der Waals surface area contributed by atoms with Crippen molar-refractivity contribution < 1.29 is 18.7 Å². The van der Waals surface area contributed by atoms with Crippen molar-refractivity contribution in [2.45, 2.75) is 25.9 Å². The standard InChI is InChI=1S/C22H29N3O4/c1-16(2)20(24-21(26)19-9-6-12-29-19)22(27)23-15-18(17-7-4-3-5-8-17)25-10-13-28-14-11-25/h3-9,12,16,18,20H,10-11,13-15H2,1-2H3,(H,23,27)(H,24,26). The van der Waals surface area contributed by atoms with Gasteiger partial charge in [-0.05, 0) is 23.6 Å². The van der Waals surface area contributed by atoms with E-state index in [-0.39, 0.29) is 23.6 Å². The molecule has 3 rings (SSSR count). The highest BCUT2D eigenvalue weighted by molar-refractivity contribution is 5.95. The maximum atomic E-state index is 12.9. The van der Waals surface area contributed by atoms with Gasteiger partial charge in [0.1, 0.15) is 6.04 Å². The Morgan fingerprint density at radius 3 is 2.41 bits per heavy atom. The Balaban J connectivity index is 1.66. The summed E-state index contributed by atoms with van der Waals surface area (Å²) in [4.78, 5) is 27.6. The fourth-order valence-electron chi connectivity index (χ4n) is 3.48. The minimum atomic E-state index is -0.645. The van der Waals surface area contributed by atoms with Crippen molar-refractivity contribution in [2.24, 2.45) is 5.92 Å². The lowest BCUT2D eigenvalue weighted by atomic mass is 10.0. The Bertz CT molecular complexity index is 771. The fraction of sp³-hybridized carbons (Fsp3) is 0.455. The smallest absolute Gasteiger partial charge is 0.287 e. The van der Waals surface area contributed by atoms with Crippen molar-refractivity contribution in [1.29, 1.82) is 0 Å². The monoisotopic (exact) mass is 399 g/mol. The molecule has 2 amide bonds. The van der Waals surface area contributed by atoms with Crippen molar-refractivity contribution in [2.75, 3.05) is 32.8 Å². The SMILES string of the molecule is CC(C)C(NC(=O)c1ccco1)C(=O)NCC(c1ccccc1)N1CCOCC1. The number of furan rings is 1. The third-order valence-electron chi connectivity index (χ3n) is 5.12. The first-order valence-electron chi connectivity index (χ1n) is 10.0. The van der Waals surface area contributed by atoms with E-state index in [0.717, 1.165) is 18.7 Å². The molecule has 0 spiro atoms. The molecule has 29 heavy (non-hydrogen) atoms. The van der Waals surface area contributed by atoms with Crippen molar-refractivity contribution in [3.63, 3.8) is 0 Å². The van der Waals surface area contributed by atoms with E-state index < -0.39 is 11.9 Å². The highest BCUT2D eigenvalue weighted by atomic mass is 16.5. The van der Waals surface area contributed by atoms with Gasteiger partial charge in [-0.1, -0.05) is 44.2 Å². The normalized spacial score (nSPS) is 16.9. The van der Waals surface area contributed by atoms with Gasteiger partial charge in [0, 0.05) is 19.6 Å². The molecule has 1 aromatic carbocycles. The molecule has 7 nitrogen and oxygen atoms in total. The van der Waals surface area contributed by atoms with Gasteiger partial charge in [-0.2, -0.15) is 0 Å². The summed E-state index contributed by atoms with van der Waals surface area (Å²) in [5.41, 5.74) is 1.15. The van der Waals surface area contributed by atoms with Crippen LogP contribution < -0.4 is 10.6 Å². The lowest BCUT2D eigenvalue weighted by molar-refractivity contribution is -0.124. The van der Waals surface area contributed by atoms with E-state index in [1.165, 1.54) is 6.26 Å². The molecule has 2 N–H and O–H groups in total. The first-order chi connectivity index (χ1) is 14.1. The highest BCUT2D eigenvalue weighted by Crippen LogP contribution is 2.21. The minimum absolute atomic E-state index is 0.0534. The summed E-state index contributed by atoms with van der Waals surface area (Å²) in [6.07, 6.45) is 1.44. The number of amides is 2. The first kappa shape index (κ1) is 21.1. The molecule has 1 saturated heterocycles. The van der Waals surface area contributed by atoms with Gasteiger partial charge >= 0.3 is 0 Å². The van der Waals surface area contributed by atoms with E-state index in [1.54, 1.807) is 12.1 Å². The summed E-state index contributed by atoms with van der Waals surface area (Å²) in [5, 5.41) is 5.83. The van der Waals surface area contributed by atoms with Crippen molar-refractivity contribution in [1.82, 2.24) is 15.5 Å². The number of rotatable bonds is 8. The molecule has 0 radical (unpaired) electrons. The van der Waals surface area contributed by atoms with E-state index in [4.69, 9.17) is 9.15 Å². The number of nitrogens with zero attached hydrogens (tertiary/aromatic N) is 1. The average Bonchev–Trinajstić information content (AvgIpc) is 3.28. The molecule has 2 unspecified atom stereocenters. The third-order valence-corrected chi connectivity index (χ3v) is 5.12. The van der Waals surface area contributed by atoms with Crippen LogP contribution in [0.2, 0.25) is 0 Å². The zero-order chi connectivity index (χ0) is 20.6. The summed E-state index contributed by atoms with van der Waals surface area (Å²) in [7, 11) is 0. The van der Waals surface area contributed by atoms with Gasteiger partial charge in [0.25, 0.3) is 5.91 Å². The third kappa shape index (κ3) is 5.68. The number of carbonyl (C=O) groups is 2. The second-order valence-corrected chi connectivity index (χ2v) is 7.49. The van der Waals surface area contributed by atoms with Crippen LogP contribution in [-0.2, 0) is 9.53 Å². The van der Waals surface area contributed by atoms with Crippen molar-refractivity contribution >= 4 is 11.8 Å². The number of carbonyl (C=O) groups excluding carboxylic acids is 2. The molecule has 0 bridgehead atoms. The van der Waals surface area contributed by atoms with E-state index in [9.17, 15) is 9.59 Å². The molecular weight excluding hydrogens is 370 g/mol. The van der Waals surface area contributed by atoms with Crippen LogP contribution >= 0.6 is 0 Å². The Morgan fingerprint density at radius 2 is 1.79 bits per heavy atom. The van der Waals surface area contributed by atoms with Crippen molar-refractivity contribution in [3.8, 4) is 0 Å². The highest BCUT2D eigenvalue weighted by Gasteiger charge is 2.28. The summed E-state index contributed by atoms with van der Waals surface area (Å²) in [6, 6.07) is 12.8. The van der Waals surface area contributed by atoms with Crippen LogP contribution in [-0.4, -0.2) is 55.6 Å². The molecule has 156 valence electrons. The molecule has 1 aliphatic rings. The van der Waals surface area contributed by atoms with Crippen LogP contribution in [0.1, 0.15) is 36.0 Å². The predicted molar refractivity (Wildman–Crippen MR) is 109 cm³/mol. The molecule has 2 aromatic rings. The molecule has 1 fully saturated rings. The zero-order valence-electron chi connectivity index (χ0n) is 17.0. The number of morpholine rings is 1. The molecule has 0 saturated carbocycles. The van der Waals surface area contributed by atoms with Gasteiger partial charge in [0.15, 0.2) is 5.76 Å². The van der Waals surface area contributed by atoms with Crippen LogP contribution in [0.4, 0.5) is 0 Å². The molecule has 1 aromatic heterocycles. The van der Waals surface area contributed by atoms with Gasteiger partial charge in [-0.3, -0.25) is 14.5 Å². The van der Waals surface area contributed by atoms with Gasteiger partial charge < -0.3 is 19.8 Å². The largest absolute Gasteiger partial charge is 0.459 e. The van der Waals surface area contributed by atoms with E-state index in [0.29, 0.717) is 19.8 Å². The molecule has 0 aliphatic carbocycles. The second kappa shape index (κ2) is 10.2. The van der Waals surface area contributed by atoms with E-state index >= 15 is 0 Å². The number of hydrogen-bond acceptors (Lipinski definition) is 5. The van der Waals surface area contributed by atoms with Gasteiger partial charge in [-0.15, -0.1) is 0 Å². The summed E-state index contributed by atoms with van der Waals surface area (Å²) >= 11 is 0. The van der Waals surface area contributed by atoms with Gasteiger partial charge in [0.2, 0.25) is 5.91 Å². The van der Waals surface area contributed by atoms with E-state index in [1.807, 2.05) is 32.0 Å². The number of ether oxygens (including phenoxy) is 1. The fourth-order valence-corrected chi connectivity index (χ4v) is 3.48. The minimum Gasteiger partial charge on any atom is -0.459 e. The molecular formula is C22H29N3O4. The number of benzene rings is 1. The molecule has 2 atom stereocenters. The Labute approximate surface area is 171 Å². The van der Waals surface area contributed by atoms with Crippen LogP contribution in [0, 0.1) is 5.92 Å². The van der Waals surface area contributed by atoms with Gasteiger partial charge in [-0.25, -0.2) is 0 Å². The predicted octanol–water partition coefficient (Wildman–Crippen LogP) is 2.22. The van der Waals surface area contributed by atoms with Gasteiger partial charge in [0.05, 0.1) is 25.5 Å². The second-order valence-electron chi connectivity index (χ2n) is 7.49. The quantitative estimate of drug-likeness (QED) is 0.711. The molecule has 2 heterocycles. The maximum absolute atomic E-state index is 12.9. The maximum Gasteiger partial charge on any atom is 0.287 e. The van der Waals surface area contributed by atoms with E-state index in [2.05, 4.69) is 27.7 Å². The summed E-state index contributed by atoms with van der Waals surface area (Å²) < 4.78 is 10.6. The van der Waals surface area contributed by atoms with Crippen LogP contribution in [0.15, 0.2) is 53.1 Å². The topological polar surface area (TPSA) is 83.8 Å². The zero-order valence-corrected chi connectivity index (χ0v) is 17.0. The lowest BCUT2D eigenvalue weighted by Crippen LogP contribution is -2.51. The molecule has 7 heteroatoms. The van der Waals surface area contributed by atoms with Crippen molar-refractivity contribution in [3.05, 3.63) is 60.1 Å². The number of nitrogens with one attached hydrogen (secondary N) is 2. The Hall–Kier alpha value is -2.64. The van der Waals surface area contributed by atoms with Crippen LogP contribution in [0.5, 0.6) is 0 Å². The first-order valence-corrected chi connectivity index (χ1v) is 10.0. The summed E-state index contributed by atoms with van der Waals surface area (Å²) in [5.74, 6) is -0.461. The lowest BCUT2D eigenvalue weighted by Gasteiger charge is -2.35. The van der Waals surface area contributed by atoms with Crippen LogP contribution in [0.3, 0.4) is 0 Å².